The molecule has 21 heavy (non-hydrogen) atoms. The highest BCUT2D eigenvalue weighted by molar-refractivity contribution is 7.13. The number of nitrogens with one attached hydrogen (secondary N) is 1. The fourth-order valence-electron chi connectivity index (χ4n) is 1.62. The van der Waals surface area contributed by atoms with E-state index in [1.54, 1.807) is 12.3 Å². The first-order valence-corrected chi connectivity index (χ1v) is 7.60. The van der Waals surface area contributed by atoms with Crippen LogP contribution in [0.1, 0.15) is 25.6 Å². The summed E-state index contributed by atoms with van der Waals surface area (Å²) < 4.78 is 0. The second kappa shape index (κ2) is 6.23. The van der Waals surface area contributed by atoms with E-state index >= 15 is 0 Å². The van der Waals surface area contributed by atoms with Crippen molar-refractivity contribution in [1.29, 1.82) is 0 Å². The van der Waals surface area contributed by atoms with Crippen molar-refractivity contribution in [3.63, 3.8) is 0 Å². The Morgan fingerprint density at radius 2 is 1.90 bits per heavy atom. The fraction of sp³-hybridized carbons (Fsp3) is 0.0769. The van der Waals surface area contributed by atoms with Gasteiger partial charge in [0.2, 0.25) is 0 Å². The Balaban J connectivity index is 2.42. The van der Waals surface area contributed by atoms with Crippen molar-refractivity contribution in [1.82, 2.24) is 0 Å². The molecule has 1 amide bonds. The summed E-state index contributed by atoms with van der Waals surface area (Å²) in [6.07, 6.45) is 0. The first kappa shape index (κ1) is 16.1. The molecule has 8 heteroatoms. The minimum Gasteiger partial charge on any atom is -0.478 e. The number of anilines is 1. The number of hydrogen-bond acceptors (Lipinski definition) is 3. The summed E-state index contributed by atoms with van der Waals surface area (Å²) in [6.45, 7) is 1.77. The maximum Gasteiger partial charge on any atom is 0.337 e. The second-order valence-electron chi connectivity index (χ2n) is 4.13. The quantitative estimate of drug-likeness (QED) is 0.808. The lowest BCUT2D eigenvalue weighted by molar-refractivity contribution is 0.0698. The number of aryl methyl sites for hydroxylation is 1. The third kappa shape index (κ3) is 3.32. The van der Waals surface area contributed by atoms with E-state index in [2.05, 4.69) is 5.32 Å². The van der Waals surface area contributed by atoms with Gasteiger partial charge in [0, 0.05) is 5.02 Å². The number of hydrogen-bond donors (Lipinski definition) is 2. The van der Waals surface area contributed by atoms with Crippen LogP contribution in [-0.2, 0) is 0 Å². The zero-order chi connectivity index (χ0) is 15.7. The van der Waals surface area contributed by atoms with Gasteiger partial charge in [0.1, 0.15) is 4.88 Å². The smallest absolute Gasteiger partial charge is 0.337 e. The number of rotatable bonds is 3. The topological polar surface area (TPSA) is 66.4 Å². The second-order valence-corrected chi connectivity index (χ2v) is 6.23. The minimum atomic E-state index is -1.25. The molecule has 110 valence electrons. The molecule has 2 rings (SSSR count). The Hall–Kier alpha value is -1.27. The van der Waals surface area contributed by atoms with Crippen LogP contribution in [0.25, 0.3) is 0 Å². The van der Waals surface area contributed by atoms with Gasteiger partial charge < -0.3 is 10.4 Å². The number of halogens is 3. The van der Waals surface area contributed by atoms with Crippen LogP contribution in [0, 0.1) is 6.92 Å². The van der Waals surface area contributed by atoms with Crippen LogP contribution in [0.4, 0.5) is 5.69 Å². The molecule has 0 aliphatic rings. The van der Waals surface area contributed by atoms with Crippen molar-refractivity contribution in [2.24, 2.45) is 0 Å². The van der Waals surface area contributed by atoms with Gasteiger partial charge in [0.15, 0.2) is 0 Å². The highest BCUT2D eigenvalue weighted by atomic mass is 35.5. The van der Waals surface area contributed by atoms with Gasteiger partial charge in [-0.05, 0) is 30.0 Å². The first-order valence-electron chi connectivity index (χ1n) is 5.58. The van der Waals surface area contributed by atoms with E-state index in [4.69, 9.17) is 39.9 Å². The third-order valence-corrected chi connectivity index (χ3v) is 4.84. The summed E-state index contributed by atoms with van der Waals surface area (Å²) in [7, 11) is 0. The van der Waals surface area contributed by atoms with E-state index in [0.29, 0.717) is 5.02 Å². The average Bonchev–Trinajstić information content (AvgIpc) is 2.72. The number of carboxylic acid groups (broad SMARTS) is 1. The molecule has 0 bridgehead atoms. The van der Waals surface area contributed by atoms with Crippen LogP contribution >= 0.6 is 46.1 Å². The van der Waals surface area contributed by atoms with Gasteiger partial charge in [-0.25, -0.2) is 4.79 Å². The van der Waals surface area contributed by atoms with Crippen molar-refractivity contribution >= 4 is 63.7 Å². The largest absolute Gasteiger partial charge is 0.478 e. The number of amides is 1. The third-order valence-electron chi connectivity index (χ3n) is 2.63. The lowest BCUT2D eigenvalue weighted by Gasteiger charge is -2.10. The monoisotopic (exact) mass is 363 g/mol. The molecule has 0 saturated carbocycles. The van der Waals surface area contributed by atoms with Gasteiger partial charge >= 0.3 is 5.97 Å². The van der Waals surface area contributed by atoms with Crippen LogP contribution in [0.2, 0.25) is 15.1 Å². The molecule has 0 fully saturated rings. The van der Waals surface area contributed by atoms with E-state index in [-0.39, 0.29) is 26.2 Å². The molecule has 0 unspecified atom stereocenters. The minimum absolute atomic E-state index is 0.0133. The number of aromatic carboxylic acids is 1. The van der Waals surface area contributed by atoms with E-state index in [1.165, 1.54) is 23.5 Å². The molecule has 2 aromatic rings. The van der Waals surface area contributed by atoms with Crippen LogP contribution in [-0.4, -0.2) is 17.0 Å². The Morgan fingerprint density at radius 3 is 2.43 bits per heavy atom. The molecule has 2 N–H and O–H groups in total. The molecule has 0 atom stereocenters. The van der Waals surface area contributed by atoms with Gasteiger partial charge in [0.25, 0.3) is 5.91 Å². The number of carboxylic acids is 1. The van der Waals surface area contributed by atoms with Crippen molar-refractivity contribution < 1.29 is 14.7 Å². The average molecular weight is 365 g/mol. The summed E-state index contributed by atoms with van der Waals surface area (Å²) in [5.41, 5.74) is 0.568. The van der Waals surface area contributed by atoms with Crippen LogP contribution in [0.5, 0.6) is 0 Å². The Morgan fingerprint density at radius 1 is 1.24 bits per heavy atom. The number of benzene rings is 1. The highest BCUT2D eigenvalue weighted by Gasteiger charge is 2.20. The summed E-state index contributed by atoms with van der Waals surface area (Å²) in [6, 6.07) is 2.57. The Bertz CT molecular complexity index is 743. The molecule has 4 nitrogen and oxygen atoms in total. The van der Waals surface area contributed by atoms with Crippen LogP contribution in [0.15, 0.2) is 17.5 Å². The lowest BCUT2D eigenvalue weighted by Crippen LogP contribution is -2.14. The fourth-order valence-corrected chi connectivity index (χ4v) is 3.34. The summed E-state index contributed by atoms with van der Waals surface area (Å²) >= 11 is 18.9. The van der Waals surface area contributed by atoms with Crippen molar-refractivity contribution in [3.05, 3.63) is 48.6 Å². The summed E-state index contributed by atoms with van der Waals surface area (Å²) in [5.74, 6) is -1.77. The van der Waals surface area contributed by atoms with Gasteiger partial charge in [-0.15, -0.1) is 11.3 Å². The Kier molecular flexibility index (Phi) is 4.78. The van der Waals surface area contributed by atoms with Crippen molar-refractivity contribution in [2.45, 2.75) is 6.92 Å². The predicted octanol–water partition coefficient (Wildman–Crippen LogP) is 4.97. The molecular weight excluding hydrogens is 357 g/mol. The number of thiophene rings is 1. The maximum absolute atomic E-state index is 12.2. The molecule has 0 aliphatic heterocycles. The zero-order valence-electron chi connectivity index (χ0n) is 10.5. The normalized spacial score (nSPS) is 10.5. The molecule has 0 aliphatic carbocycles. The van der Waals surface area contributed by atoms with Gasteiger partial charge in [0.05, 0.1) is 21.3 Å². The summed E-state index contributed by atoms with van der Waals surface area (Å²) in [4.78, 5) is 23.7. The van der Waals surface area contributed by atoms with E-state index in [9.17, 15) is 9.59 Å². The molecule has 1 aromatic carbocycles. The van der Waals surface area contributed by atoms with Crippen molar-refractivity contribution in [3.8, 4) is 0 Å². The molecule has 0 saturated heterocycles. The number of carbonyl (C=O) groups is 2. The summed E-state index contributed by atoms with van der Waals surface area (Å²) in [5, 5.41) is 13.9. The Labute approximate surface area is 139 Å². The molecule has 1 heterocycles. The van der Waals surface area contributed by atoms with Gasteiger partial charge in [-0.3, -0.25) is 4.79 Å². The molecule has 1 aromatic heterocycles. The van der Waals surface area contributed by atoms with Crippen molar-refractivity contribution in [2.75, 3.05) is 5.32 Å². The predicted molar refractivity (Wildman–Crippen MR) is 85.4 cm³/mol. The van der Waals surface area contributed by atoms with Crippen LogP contribution < -0.4 is 5.32 Å². The first-order chi connectivity index (χ1) is 9.81. The zero-order valence-corrected chi connectivity index (χ0v) is 13.6. The lowest BCUT2D eigenvalue weighted by atomic mass is 10.1. The van der Waals surface area contributed by atoms with Gasteiger partial charge in [-0.1, -0.05) is 34.8 Å². The molecule has 0 spiro atoms. The molecular formula is C13H8Cl3NO3S. The van der Waals surface area contributed by atoms with Gasteiger partial charge in [-0.2, -0.15) is 0 Å². The standard InChI is InChI=1S/C13H8Cl3NO3S/c1-5-4-21-11(9(5)16)12(18)17-10-7(13(19)20)2-6(14)3-8(10)15/h2-4H,1H3,(H,17,18)(H,19,20). The van der Waals surface area contributed by atoms with E-state index in [1.807, 2.05) is 0 Å². The molecule has 0 radical (unpaired) electrons. The van der Waals surface area contributed by atoms with Crippen LogP contribution in [0.3, 0.4) is 0 Å². The SMILES string of the molecule is Cc1csc(C(=O)Nc2c(Cl)cc(Cl)cc2C(=O)O)c1Cl. The van der Waals surface area contributed by atoms with E-state index in [0.717, 1.165) is 5.56 Å². The van der Waals surface area contributed by atoms with E-state index < -0.39 is 11.9 Å². The highest BCUT2D eigenvalue weighted by Crippen LogP contribution is 2.33. The number of carbonyl (C=O) groups excluding carboxylic acids is 1. The maximum atomic E-state index is 12.2.